The fourth-order valence-electron chi connectivity index (χ4n) is 2.89. The van der Waals surface area contributed by atoms with E-state index in [0.717, 1.165) is 40.9 Å². The minimum Gasteiger partial charge on any atom is -0.497 e. The largest absolute Gasteiger partial charge is 0.497 e. The van der Waals surface area contributed by atoms with Gasteiger partial charge < -0.3 is 9.47 Å². The third-order valence-corrected chi connectivity index (χ3v) is 5.59. The molecule has 1 aromatic carbocycles. The highest BCUT2D eigenvalue weighted by molar-refractivity contribution is 7.14. The molecule has 28 heavy (non-hydrogen) atoms. The standard InChI is InChI=1S/C22H27N3O2S/c1-22(2,3)25(14-16-9-10-17(26-4)12-20(16)27-5)15-18-13-24-21(28-18)19-8-6-7-11-23-19/h6-13H,14-15H2,1-5H3. The molecule has 0 amide bonds. The maximum absolute atomic E-state index is 5.59. The number of aromatic nitrogens is 2. The normalized spacial score (nSPS) is 11.6. The van der Waals surface area contributed by atoms with Crippen LogP contribution in [0.4, 0.5) is 0 Å². The van der Waals surface area contributed by atoms with Gasteiger partial charge in [-0.05, 0) is 39.0 Å². The van der Waals surface area contributed by atoms with E-state index in [9.17, 15) is 0 Å². The molecule has 0 saturated carbocycles. The van der Waals surface area contributed by atoms with Crippen LogP contribution in [0.5, 0.6) is 11.5 Å². The quantitative estimate of drug-likeness (QED) is 0.560. The summed E-state index contributed by atoms with van der Waals surface area (Å²) < 4.78 is 10.9. The second kappa shape index (κ2) is 8.71. The Kier molecular flexibility index (Phi) is 6.31. The van der Waals surface area contributed by atoms with Gasteiger partial charge in [-0.25, -0.2) is 4.98 Å². The van der Waals surface area contributed by atoms with Crippen molar-refractivity contribution in [3.05, 3.63) is 59.2 Å². The van der Waals surface area contributed by atoms with Crippen molar-refractivity contribution in [2.45, 2.75) is 39.4 Å². The minimum absolute atomic E-state index is 0.0138. The van der Waals surface area contributed by atoms with Crippen LogP contribution in [0, 0.1) is 0 Å². The molecule has 0 spiro atoms. The Morgan fingerprint density at radius 1 is 1.00 bits per heavy atom. The van der Waals surface area contributed by atoms with Crippen LogP contribution >= 0.6 is 11.3 Å². The lowest BCUT2D eigenvalue weighted by molar-refractivity contribution is 0.118. The molecule has 2 heterocycles. The Balaban J connectivity index is 1.82. The van der Waals surface area contributed by atoms with Crippen LogP contribution in [-0.4, -0.2) is 34.6 Å². The summed E-state index contributed by atoms with van der Waals surface area (Å²) >= 11 is 1.69. The molecule has 0 aliphatic carbocycles. The van der Waals surface area contributed by atoms with Crippen LogP contribution in [0.1, 0.15) is 31.2 Å². The summed E-state index contributed by atoms with van der Waals surface area (Å²) in [6.45, 7) is 8.26. The molecule has 5 nitrogen and oxygen atoms in total. The second-order valence-corrected chi connectivity index (χ2v) is 8.67. The number of methoxy groups -OCH3 is 2. The Bertz CT molecular complexity index is 904. The zero-order valence-electron chi connectivity index (χ0n) is 17.1. The highest BCUT2D eigenvalue weighted by Crippen LogP contribution is 2.31. The molecule has 0 N–H and O–H groups in total. The van der Waals surface area contributed by atoms with Crippen LogP contribution in [0.15, 0.2) is 48.8 Å². The van der Waals surface area contributed by atoms with Gasteiger partial charge in [0.25, 0.3) is 0 Å². The summed E-state index contributed by atoms with van der Waals surface area (Å²) in [5.41, 5.74) is 2.03. The van der Waals surface area contributed by atoms with Crippen molar-refractivity contribution in [2.75, 3.05) is 14.2 Å². The van der Waals surface area contributed by atoms with Gasteiger partial charge in [0.05, 0.1) is 19.9 Å². The number of hydrogen-bond acceptors (Lipinski definition) is 6. The number of hydrogen-bond donors (Lipinski definition) is 0. The van der Waals surface area contributed by atoms with Gasteiger partial charge in [-0.1, -0.05) is 12.1 Å². The van der Waals surface area contributed by atoms with Crippen molar-refractivity contribution in [3.8, 4) is 22.2 Å². The first kappa shape index (κ1) is 20.3. The van der Waals surface area contributed by atoms with Crippen LogP contribution in [-0.2, 0) is 13.1 Å². The fourth-order valence-corrected chi connectivity index (χ4v) is 3.80. The van der Waals surface area contributed by atoms with Gasteiger partial charge in [-0.2, -0.15) is 0 Å². The molecule has 3 aromatic rings. The Morgan fingerprint density at radius 2 is 1.82 bits per heavy atom. The van der Waals surface area contributed by atoms with Gasteiger partial charge in [0, 0.05) is 47.5 Å². The van der Waals surface area contributed by atoms with Crippen LogP contribution in [0.3, 0.4) is 0 Å². The second-order valence-electron chi connectivity index (χ2n) is 7.55. The molecule has 0 atom stereocenters. The van der Waals surface area contributed by atoms with Gasteiger partial charge in [-0.15, -0.1) is 11.3 Å². The summed E-state index contributed by atoms with van der Waals surface area (Å²) in [6.07, 6.45) is 3.76. The smallest absolute Gasteiger partial charge is 0.142 e. The molecule has 0 unspecified atom stereocenters. The lowest BCUT2D eigenvalue weighted by atomic mass is 10.0. The van der Waals surface area contributed by atoms with E-state index < -0.39 is 0 Å². The van der Waals surface area contributed by atoms with Gasteiger partial charge in [0.2, 0.25) is 0 Å². The van der Waals surface area contributed by atoms with Gasteiger partial charge in [-0.3, -0.25) is 9.88 Å². The van der Waals surface area contributed by atoms with E-state index in [2.05, 4.69) is 41.7 Å². The van der Waals surface area contributed by atoms with E-state index in [-0.39, 0.29) is 5.54 Å². The third kappa shape index (κ3) is 4.88. The predicted octanol–water partition coefficient (Wildman–Crippen LogP) is 5.02. The van der Waals surface area contributed by atoms with Crippen LogP contribution in [0.25, 0.3) is 10.7 Å². The SMILES string of the molecule is COc1ccc(CN(Cc2cnc(-c3ccccn3)s2)C(C)(C)C)c(OC)c1. The zero-order valence-corrected chi connectivity index (χ0v) is 17.9. The molecule has 0 saturated heterocycles. The summed E-state index contributed by atoms with van der Waals surface area (Å²) in [4.78, 5) is 12.6. The van der Waals surface area contributed by atoms with E-state index >= 15 is 0 Å². The van der Waals surface area contributed by atoms with Gasteiger partial charge in [0.15, 0.2) is 0 Å². The van der Waals surface area contributed by atoms with Crippen molar-refractivity contribution in [1.82, 2.24) is 14.9 Å². The summed E-state index contributed by atoms with van der Waals surface area (Å²) in [5.74, 6) is 1.64. The summed E-state index contributed by atoms with van der Waals surface area (Å²) in [7, 11) is 3.36. The number of benzene rings is 1. The first-order chi connectivity index (χ1) is 13.4. The average molecular weight is 398 g/mol. The Hall–Kier alpha value is -2.44. The van der Waals surface area contributed by atoms with Crippen LogP contribution < -0.4 is 9.47 Å². The maximum atomic E-state index is 5.59. The molecule has 0 aliphatic heterocycles. The molecule has 0 bridgehead atoms. The van der Waals surface area contributed by atoms with Gasteiger partial charge in [0.1, 0.15) is 16.5 Å². The maximum Gasteiger partial charge on any atom is 0.142 e. The van der Waals surface area contributed by atoms with Crippen molar-refractivity contribution >= 4 is 11.3 Å². The number of ether oxygens (including phenoxy) is 2. The van der Waals surface area contributed by atoms with Crippen molar-refractivity contribution < 1.29 is 9.47 Å². The molecule has 2 aromatic heterocycles. The van der Waals surface area contributed by atoms with Crippen molar-refractivity contribution in [3.63, 3.8) is 0 Å². The number of thiazole rings is 1. The first-order valence-electron chi connectivity index (χ1n) is 9.23. The van der Waals surface area contributed by atoms with Crippen LogP contribution in [0.2, 0.25) is 0 Å². The number of pyridine rings is 1. The minimum atomic E-state index is -0.0138. The molecular formula is C22H27N3O2S. The van der Waals surface area contributed by atoms with E-state index in [1.807, 2.05) is 36.5 Å². The van der Waals surface area contributed by atoms with E-state index in [0.29, 0.717) is 0 Å². The van der Waals surface area contributed by atoms with Crippen molar-refractivity contribution in [1.29, 1.82) is 0 Å². The van der Waals surface area contributed by atoms with E-state index in [1.165, 1.54) is 4.88 Å². The summed E-state index contributed by atoms with van der Waals surface area (Å²) in [5, 5.41) is 0.950. The van der Waals surface area contributed by atoms with E-state index in [4.69, 9.17) is 9.47 Å². The highest BCUT2D eigenvalue weighted by atomic mass is 32.1. The number of rotatable bonds is 7. The Morgan fingerprint density at radius 3 is 2.46 bits per heavy atom. The summed E-state index contributed by atoms with van der Waals surface area (Å²) in [6, 6.07) is 11.9. The zero-order chi connectivity index (χ0) is 20.1. The highest BCUT2D eigenvalue weighted by Gasteiger charge is 2.24. The van der Waals surface area contributed by atoms with Gasteiger partial charge >= 0.3 is 0 Å². The molecule has 6 heteroatoms. The predicted molar refractivity (Wildman–Crippen MR) is 114 cm³/mol. The molecule has 0 fully saturated rings. The molecular weight excluding hydrogens is 370 g/mol. The lowest BCUT2D eigenvalue weighted by Gasteiger charge is -2.35. The topological polar surface area (TPSA) is 47.5 Å². The number of nitrogens with zero attached hydrogens (tertiary/aromatic N) is 3. The first-order valence-corrected chi connectivity index (χ1v) is 10.0. The lowest BCUT2D eigenvalue weighted by Crippen LogP contribution is -2.40. The third-order valence-electron chi connectivity index (χ3n) is 4.59. The molecule has 0 radical (unpaired) electrons. The monoisotopic (exact) mass is 397 g/mol. The fraction of sp³-hybridized carbons (Fsp3) is 0.364. The molecule has 148 valence electrons. The van der Waals surface area contributed by atoms with E-state index in [1.54, 1.807) is 31.8 Å². The van der Waals surface area contributed by atoms with Crippen molar-refractivity contribution in [2.24, 2.45) is 0 Å². The Labute approximate surface area is 171 Å². The average Bonchev–Trinajstić information content (AvgIpc) is 3.16. The molecule has 0 aliphatic rings. The molecule has 3 rings (SSSR count).